The van der Waals surface area contributed by atoms with Crippen molar-refractivity contribution in [2.45, 2.75) is 6.04 Å². The number of nitrogens with zero attached hydrogens (tertiary/aromatic N) is 2. The number of rotatable bonds is 4. The van der Waals surface area contributed by atoms with Crippen LogP contribution in [0.3, 0.4) is 0 Å². The van der Waals surface area contributed by atoms with Crippen molar-refractivity contribution < 1.29 is 9.66 Å². The zero-order valence-electron chi connectivity index (χ0n) is 9.84. The molecule has 1 aliphatic rings. The standard InChI is InChI=1S/C11H15N3O3/c1-13(8-6-12-7-8)11-5-9(17-2)3-4-10(11)14(15)16/h3-5,8,12H,6-7H2,1-2H3. The zero-order chi connectivity index (χ0) is 12.4. The molecular weight excluding hydrogens is 222 g/mol. The van der Waals surface area contributed by atoms with Gasteiger partial charge in [-0.05, 0) is 6.07 Å². The van der Waals surface area contributed by atoms with Crippen molar-refractivity contribution in [3.8, 4) is 5.75 Å². The number of ether oxygens (including phenoxy) is 1. The van der Waals surface area contributed by atoms with Crippen LogP contribution >= 0.6 is 0 Å². The topological polar surface area (TPSA) is 67.6 Å². The summed E-state index contributed by atoms with van der Waals surface area (Å²) in [5, 5.41) is 14.1. The summed E-state index contributed by atoms with van der Waals surface area (Å²) in [6.07, 6.45) is 0. The number of nitro groups is 1. The molecule has 1 aliphatic heterocycles. The van der Waals surface area contributed by atoms with Crippen LogP contribution in [0.2, 0.25) is 0 Å². The lowest BCUT2D eigenvalue weighted by molar-refractivity contribution is -0.384. The Labute approximate surface area is 99.3 Å². The molecule has 1 N–H and O–H groups in total. The van der Waals surface area contributed by atoms with Crippen LogP contribution in [0.4, 0.5) is 11.4 Å². The number of hydrogen-bond donors (Lipinski definition) is 1. The highest BCUT2D eigenvalue weighted by Gasteiger charge is 2.27. The Morgan fingerprint density at radius 1 is 1.53 bits per heavy atom. The first-order chi connectivity index (χ1) is 8.13. The lowest BCUT2D eigenvalue weighted by Crippen LogP contribution is -2.56. The number of nitrogens with one attached hydrogen (secondary N) is 1. The fourth-order valence-electron chi connectivity index (χ4n) is 1.81. The van der Waals surface area contributed by atoms with Gasteiger partial charge in [-0.1, -0.05) is 0 Å². The Balaban J connectivity index is 2.36. The lowest BCUT2D eigenvalue weighted by Gasteiger charge is -2.36. The smallest absolute Gasteiger partial charge is 0.292 e. The largest absolute Gasteiger partial charge is 0.497 e. The van der Waals surface area contributed by atoms with Gasteiger partial charge in [0.05, 0.1) is 18.1 Å². The highest BCUT2D eigenvalue weighted by atomic mass is 16.6. The molecule has 1 aromatic rings. The molecule has 1 fully saturated rings. The van der Waals surface area contributed by atoms with Gasteiger partial charge in [-0.3, -0.25) is 10.1 Å². The second-order valence-electron chi connectivity index (χ2n) is 4.03. The van der Waals surface area contributed by atoms with E-state index < -0.39 is 0 Å². The van der Waals surface area contributed by atoms with Gasteiger partial charge < -0.3 is 15.0 Å². The average molecular weight is 237 g/mol. The van der Waals surface area contributed by atoms with Crippen LogP contribution in [0.5, 0.6) is 5.75 Å². The predicted octanol–water partition coefficient (Wildman–Crippen LogP) is 1.01. The molecule has 0 saturated carbocycles. The van der Waals surface area contributed by atoms with Crippen LogP contribution in [-0.2, 0) is 0 Å². The molecule has 0 atom stereocenters. The Morgan fingerprint density at radius 3 is 2.71 bits per heavy atom. The van der Waals surface area contributed by atoms with Crippen molar-refractivity contribution in [3.05, 3.63) is 28.3 Å². The minimum Gasteiger partial charge on any atom is -0.497 e. The van der Waals surface area contributed by atoms with E-state index in [1.807, 2.05) is 11.9 Å². The van der Waals surface area contributed by atoms with Crippen LogP contribution in [0.15, 0.2) is 18.2 Å². The fourth-order valence-corrected chi connectivity index (χ4v) is 1.81. The Bertz CT molecular complexity index is 432. The molecule has 6 heteroatoms. The number of anilines is 1. The fraction of sp³-hybridized carbons (Fsp3) is 0.455. The molecule has 0 aliphatic carbocycles. The summed E-state index contributed by atoms with van der Waals surface area (Å²) >= 11 is 0. The minimum absolute atomic E-state index is 0.111. The molecule has 1 aromatic carbocycles. The van der Waals surface area contributed by atoms with Gasteiger partial charge in [0.2, 0.25) is 0 Å². The number of benzene rings is 1. The van der Waals surface area contributed by atoms with E-state index in [0.717, 1.165) is 13.1 Å². The SMILES string of the molecule is COc1ccc([N+](=O)[O-])c(N(C)C2CNC2)c1. The van der Waals surface area contributed by atoms with E-state index in [0.29, 0.717) is 17.5 Å². The van der Waals surface area contributed by atoms with Crippen molar-refractivity contribution in [2.24, 2.45) is 0 Å². The first-order valence-corrected chi connectivity index (χ1v) is 5.39. The van der Waals surface area contributed by atoms with Crippen molar-refractivity contribution in [3.63, 3.8) is 0 Å². The molecule has 0 bridgehead atoms. The Morgan fingerprint density at radius 2 is 2.24 bits per heavy atom. The maximum absolute atomic E-state index is 11.0. The maximum Gasteiger partial charge on any atom is 0.292 e. The highest BCUT2D eigenvalue weighted by molar-refractivity contribution is 5.66. The number of methoxy groups -OCH3 is 1. The highest BCUT2D eigenvalue weighted by Crippen LogP contribution is 2.32. The van der Waals surface area contributed by atoms with Crippen LogP contribution in [0, 0.1) is 10.1 Å². The predicted molar refractivity (Wildman–Crippen MR) is 64.7 cm³/mol. The summed E-state index contributed by atoms with van der Waals surface area (Å²) in [6, 6.07) is 5.10. The van der Waals surface area contributed by atoms with E-state index in [9.17, 15) is 10.1 Å². The molecule has 0 radical (unpaired) electrons. The first-order valence-electron chi connectivity index (χ1n) is 5.39. The molecular formula is C11H15N3O3. The van der Waals surface area contributed by atoms with E-state index in [-0.39, 0.29) is 10.6 Å². The van der Waals surface area contributed by atoms with Crippen LogP contribution < -0.4 is 15.0 Å². The van der Waals surface area contributed by atoms with Gasteiger partial charge in [-0.2, -0.15) is 0 Å². The molecule has 1 heterocycles. The summed E-state index contributed by atoms with van der Waals surface area (Å²) in [5.41, 5.74) is 0.709. The summed E-state index contributed by atoms with van der Waals surface area (Å²) < 4.78 is 5.11. The molecule has 0 spiro atoms. The molecule has 0 aromatic heterocycles. The van der Waals surface area contributed by atoms with Crippen LogP contribution in [0.25, 0.3) is 0 Å². The van der Waals surface area contributed by atoms with Crippen LogP contribution in [0.1, 0.15) is 0 Å². The van der Waals surface area contributed by atoms with Crippen molar-refractivity contribution in [1.82, 2.24) is 5.32 Å². The summed E-state index contributed by atoms with van der Waals surface area (Å²) in [7, 11) is 3.42. The van der Waals surface area contributed by atoms with Gasteiger partial charge in [0.25, 0.3) is 5.69 Å². The molecule has 17 heavy (non-hydrogen) atoms. The molecule has 1 saturated heterocycles. The quantitative estimate of drug-likeness (QED) is 0.625. The summed E-state index contributed by atoms with van der Waals surface area (Å²) in [5.74, 6) is 0.629. The van der Waals surface area contributed by atoms with Gasteiger partial charge >= 0.3 is 0 Å². The van der Waals surface area contributed by atoms with Gasteiger partial charge in [0, 0.05) is 32.3 Å². The molecule has 0 amide bonds. The monoisotopic (exact) mass is 237 g/mol. The molecule has 92 valence electrons. The molecule has 0 unspecified atom stereocenters. The van der Waals surface area contributed by atoms with Crippen molar-refractivity contribution >= 4 is 11.4 Å². The molecule has 2 rings (SSSR count). The van der Waals surface area contributed by atoms with Crippen molar-refractivity contribution in [2.75, 3.05) is 32.1 Å². The minimum atomic E-state index is -0.364. The van der Waals surface area contributed by atoms with Gasteiger partial charge in [-0.25, -0.2) is 0 Å². The lowest BCUT2D eigenvalue weighted by atomic mass is 10.1. The molecule has 6 nitrogen and oxygen atoms in total. The van der Waals surface area contributed by atoms with E-state index in [1.165, 1.54) is 6.07 Å². The number of hydrogen-bond acceptors (Lipinski definition) is 5. The summed E-state index contributed by atoms with van der Waals surface area (Å²) in [4.78, 5) is 12.5. The van der Waals surface area contributed by atoms with E-state index >= 15 is 0 Å². The summed E-state index contributed by atoms with van der Waals surface area (Å²) in [6.45, 7) is 1.70. The second-order valence-corrected chi connectivity index (χ2v) is 4.03. The van der Waals surface area contributed by atoms with Gasteiger partial charge in [0.1, 0.15) is 11.4 Å². The van der Waals surface area contributed by atoms with Gasteiger partial charge in [0.15, 0.2) is 0 Å². The third-order valence-corrected chi connectivity index (χ3v) is 3.07. The third kappa shape index (κ3) is 2.16. The van der Waals surface area contributed by atoms with E-state index in [1.54, 1.807) is 19.2 Å². The Kier molecular flexibility index (Phi) is 3.14. The number of nitro benzene ring substituents is 1. The maximum atomic E-state index is 11.0. The number of likely N-dealkylation sites (N-methyl/N-ethyl adjacent to an activating group) is 1. The van der Waals surface area contributed by atoms with Crippen molar-refractivity contribution in [1.29, 1.82) is 0 Å². The Hall–Kier alpha value is -1.82. The third-order valence-electron chi connectivity index (χ3n) is 3.07. The second kappa shape index (κ2) is 4.58. The van der Waals surface area contributed by atoms with E-state index in [2.05, 4.69) is 5.32 Å². The normalized spacial score (nSPS) is 15.2. The van der Waals surface area contributed by atoms with E-state index in [4.69, 9.17) is 4.74 Å². The van der Waals surface area contributed by atoms with Gasteiger partial charge in [-0.15, -0.1) is 0 Å². The van der Waals surface area contributed by atoms with Crippen LogP contribution in [-0.4, -0.2) is 38.2 Å². The average Bonchev–Trinajstić information content (AvgIpc) is 2.25. The first kappa shape index (κ1) is 11.7. The zero-order valence-corrected chi connectivity index (χ0v) is 9.84.